The van der Waals surface area contributed by atoms with Gasteiger partial charge in [0, 0.05) is 44.0 Å². The molecule has 0 amide bonds. The molecule has 85 heavy (non-hydrogen) atoms. The normalized spacial score (nSPS) is 12.8. The molecule has 18 rings (SSSR count). The van der Waals surface area contributed by atoms with Crippen LogP contribution in [0.3, 0.4) is 0 Å². The van der Waals surface area contributed by atoms with Gasteiger partial charge in [-0.1, -0.05) is 224 Å². The standard InChI is InChI=1S/C81H50N2O2/c1-3-21-51(22-4-1)53-25-17-27-57(45-53)82(73-39-19-35-66-63-32-11-15-41-76(63)84-79(66)73)59-44-43-55-48-68-71(49-56(55)47-59)81(69-37-13-9-29-60(69)61-30-10-14-38-70(61)81)72-50-75(62-31-7-8-34-65(62)78(68)72)83(58-28-18-26-54(46-58)52-23-5-2-6-24-52)74-40-20-36-67-64-33-12-16-42-77(64)85-80(67)74/h1-50H. The Morgan fingerprint density at radius 2 is 0.718 bits per heavy atom. The molecule has 14 aromatic carbocycles. The number of rotatable bonds is 8. The molecule has 0 saturated heterocycles. The summed E-state index contributed by atoms with van der Waals surface area (Å²) < 4.78 is 13.9. The first kappa shape index (κ1) is 47.4. The van der Waals surface area contributed by atoms with Crippen LogP contribution in [0.4, 0.5) is 34.1 Å². The monoisotopic (exact) mass is 1080 g/mol. The van der Waals surface area contributed by atoms with E-state index in [0.717, 1.165) is 116 Å². The fraction of sp³-hybridized carbons (Fsp3) is 0.0123. The zero-order valence-electron chi connectivity index (χ0n) is 46.1. The number of hydrogen-bond acceptors (Lipinski definition) is 4. The first-order valence-electron chi connectivity index (χ1n) is 29.2. The second kappa shape index (κ2) is 18.4. The van der Waals surface area contributed by atoms with E-state index < -0.39 is 5.41 Å². The Morgan fingerprint density at radius 3 is 1.33 bits per heavy atom. The van der Waals surface area contributed by atoms with Crippen LogP contribution in [-0.2, 0) is 5.41 Å². The lowest BCUT2D eigenvalue weighted by molar-refractivity contribution is 0.668. The predicted molar refractivity (Wildman–Crippen MR) is 353 cm³/mol. The lowest BCUT2D eigenvalue weighted by atomic mass is 9.70. The molecule has 16 aromatic rings. The summed E-state index contributed by atoms with van der Waals surface area (Å²) in [6.07, 6.45) is 0. The highest BCUT2D eigenvalue weighted by molar-refractivity contribution is 6.17. The number of hydrogen-bond donors (Lipinski definition) is 0. The van der Waals surface area contributed by atoms with Crippen molar-refractivity contribution < 1.29 is 8.83 Å². The summed E-state index contributed by atoms with van der Waals surface area (Å²) >= 11 is 0. The minimum absolute atomic E-state index is 0.701. The van der Waals surface area contributed by atoms with Crippen molar-refractivity contribution in [3.8, 4) is 44.5 Å². The summed E-state index contributed by atoms with van der Waals surface area (Å²) in [6.45, 7) is 0. The van der Waals surface area contributed by atoms with Gasteiger partial charge in [-0.3, -0.25) is 0 Å². The summed E-state index contributed by atoms with van der Waals surface area (Å²) in [5.74, 6) is 0. The molecule has 2 aliphatic carbocycles. The van der Waals surface area contributed by atoms with Crippen LogP contribution in [0, 0.1) is 0 Å². The molecular formula is C81H50N2O2. The third-order valence-corrected chi connectivity index (χ3v) is 18.2. The highest BCUT2D eigenvalue weighted by atomic mass is 16.3. The van der Waals surface area contributed by atoms with E-state index in [1.165, 1.54) is 49.9 Å². The second-order valence-corrected chi connectivity index (χ2v) is 22.6. The molecule has 0 saturated carbocycles. The molecule has 0 radical (unpaired) electrons. The fourth-order valence-electron chi connectivity index (χ4n) is 14.6. The van der Waals surface area contributed by atoms with Crippen LogP contribution in [-0.4, -0.2) is 0 Å². The van der Waals surface area contributed by atoms with Crippen molar-refractivity contribution in [1.29, 1.82) is 0 Å². The Morgan fingerprint density at radius 1 is 0.247 bits per heavy atom. The molecule has 2 heterocycles. The molecule has 396 valence electrons. The molecule has 0 aliphatic heterocycles. The predicted octanol–water partition coefficient (Wildman–Crippen LogP) is 22.4. The Labute approximate surface area is 490 Å². The maximum atomic E-state index is 7.00. The van der Waals surface area contributed by atoms with E-state index >= 15 is 0 Å². The topological polar surface area (TPSA) is 32.8 Å². The highest BCUT2D eigenvalue weighted by Gasteiger charge is 2.52. The van der Waals surface area contributed by atoms with Gasteiger partial charge in [-0.2, -0.15) is 0 Å². The lowest BCUT2D eigenvalue weighted by Crippen LogP contribution is -2.26. The van der Waals surface area contributed by atoms with Crippen LogP contribution in [0.15, 0.2) is 312 Å². The summed E-state index contributed by atoms with van der Waals surface area (Å²) in [5.41, 5.74) is 23.5. The smallest absolute Gasteiger partial charge is 0.159 e. The minimum Gasteiger partial charge on any atom is -0.454 e. The van der Waals surface area contributed by atoms with Gasteiger partial charge in [0.1, 0.15) is 11.2 Å². The third-order valence-electron chi connectivity index (χ3n) is 18.2. The molecule has 1 spiro atoms. The molecule has 2 aliphatic rings. The lowest BCUT2D eigenvalue weighted by Gasteiger charge is -2.33. The number of fused-ring (bicyclic) bond motifs is 19. The van der Waals surface area contributed by atoms with Crippen molar-refractivity contribution in [2.75, 3.05) is 9.80 Å². The van der Waals surface area contributed by atoms with E-state index in [9.17, 15) is 0 Å². The quantitative estimate of drug-likeness (QED) is 0.152. The van der Waals surface area contributed by atoms with Gasteiger partial charge in [0.25, 0.3) is 0 Å². The van der Waals surface area contributed by atoms with Crippen LogP contribution < -0.4 is 9.80 Å². The number of para-hydroxylation sites is 4. The molecule has 0 unspecified atom stereocenters. The van der Waals surface area contributed by atoms with Gasteiger partial charge in [0.2, 0.25) is 0 Å². The zero-order chi connectivity index (χ0) is 55.7. The highest BCUT2D eigenvalue weighted by Crippen LogP contribution is 2.66. The minimum atomic E-state index is -0.701. The van der Waals surface area contributed by atoms with Gasteiger partial charge in [-0.15, -0.1) is 0 Å². The number of anilines is 6. The molecule has 4 nitrogen and oxygen atoms in total. The number of nitrogens with zero attached hydrogens (tertiary/aromatic N) is 2. The third kappa shape index (κ3) is 6.97. The maximum Gasteiger partial charge on any atom is 0.159 e. The first-order valence-corrected chi connectivity index (χ1v) is 29.2. The first-order chi connectivity index (χ1) is 42.2. The van der Waals surface area contributed by atoms with Crippen LogP contribution in [0.5, 0.6) is 0 Å². The molecule has 4 heteroatoms. The summed E-state index contributed by atoms with van der Waals surface area (Å²) in [4.78, 5) is 4.86. The Hall–Kier alpha value is -11.2. The van der Waals surface area contributed by atoms with E-state index in [0.29, 0.717) is 0 Å². The summed E-state index contributed by atoms with van der Waals surface area (Å²) in [7, 11) is 0. The SMILES string of the molecule is c1ccc(-c2cccc(N(c3ccc4cc5c(cc4c3)C3(c4ccccc4-c4ccccc43)c3cc(N(c4cccc(-c6ccccc6)c4)c4cccc6c4oc4ccccc46)c4ccccc4c3-5)c3cccc4c3oc3ccccc34)c2)cc1. The van der Waals surface area contributed by atoms with E-state index in [4.69, 9.17) is 8.83 Å². The molecular weight excluding hydrogens is 1030 g/mol. The van der Waals surface area contributed by atoms with Crippen molar-refractivity contribution in [3.63, 3.8) is 0 Å². The largest absolute Gasteiger partial charge is 0.454 e. The van der Waals surface area contributed by atoms with Gasteiger partial charge in [-0.05, 0) is 162 Å². The molecule has 0 N–H and O–H groups in total. The van der Waals surface area contributed by atoms with Gasteiger partial charge < -0.3 is 18.6 Å². The van der Waals surface area contributed by atoms with Gasteiger partial charge in [0.05, 0.1) is 22.5 Å². The van der Waals surface area contributed by atoms with Crippen molar-refractivity contribution in [2.24, 2.45) is 0 Å². The average molecular weight is 1080 g/mol. The average Bonchev–Trinajstić information content (AvgIpc) is 1.53. The van der Waals surface area contributed by atoms with Crippen molar-refractivity contribution in [2.45, 2.75) is 5.41 Å². The van der Waals surface area contributed by atoms with Gasteiger partial charge in [-0.25, -0.2) is 0 Å². The van der Waals surface area contributed by atoms with E-state index in [2.05, 4.69) is 307 Å². The van der Waals surface area contributed by atoms with E-state index in [1.54, 1.807) is 0 Å². The Balaban J connectivity index is 0.912. The van der Waals surface area contributed by atoms with Crippen LogP contribution in [0.2, 0.25) is 0 Å². The van der Waals surface area contributed by atoms with Gasteiger partial charge >= 0.3 is 0 Å². The van der Waals surface area contributed by atoms with Crippen LogP contribution >= 0.6 is 0 Å². The Bertz CT molecular complexity index is 5360. The number of furan rings is 2. The molecule has 2 aromatic heterocycles. The maximum absolute atomic E-state index is 7.00. The number of benzene rings is 14. The van der Waals surface area contributed by atoms with Crippen LogP contribution in [0.1, 0.15) is 22.3 Å². The zero-order valence-corrected chi connectivity index (χ0v) is 46.1. The summed E-state index contributed by atoms with van der Waals surface area (Å²) in [6, 6.07) is 111. The Kier molecular flexibility index (Phi) is 10.3. The fourth-order valence-corrected chi connectivity index (χ4v) is 14.6. The van der Waals surface area contributed by atoms with Crippen molar-refractivity contribution >= 4 is 99.5 Å². The second-order valence-electron chi connectivity index (χ2n) is 22.6. The summed E-state index contributed by atoms with van der Waals surface area (Å²) in [5, 5.41) is 8.99. The van der Waals surface area contributed by atoms with Crippen LogP contribution in [0.25, 0.3) is 110 Å². The van der Waals surface area contributed by atoms with Gasteiger partial charge in [0.15, 0.2) is 11.2 Å². The molecule has 0 bridgehead atoms. The van der Waals surface area contributed by atoms with E-state index in [-0.39, 0.29) is 0 Å². The molecule has 0 fully saturated rings. The van der Waals surface area contributed by atoms with Crippen molar-refractivity contribution in [1.82, 2.24) is 0 Å². The molecule has 0 atom stereocenters. The van der Waals surface area contributed by atoms with Crippen molar-refractivity contribution in [3.05, 3.63) is 326 Å². The van der Waals surface area contributed by atoms with E-state index in [1.807, 2.05) is 6.07 Å².